The van der Waals surface area contributed by atoms with Crippen molar-refractivity contribution in [2.24, 2.45) is 5.92 Å². The Balaban J connectivity index is 2.04. The maximum atomic E-state index is 12.1. The lowest BCUT2D eigenvalue weighted by molar-refractivity contribution is -0.119. The summed E-state index contributed by atoms with van der Waals surface area (Å²) in [6.45, 7) is 6.65. The monoisotopic (exact) mass is 249 g/mol. The van der Waals surface area contributed by atoms with E-state index in [4.69, 9.17) is 0 Å². The molecule has 2 atom stereocenters. The molecule has 18 heavy (non-hydrogen) atoms. The highest BCUT2D eigenvalue weighted by Gasteiger charge is 2.27. The number of hydrogen-bond donors (Lipinski definition) is 2. The van der Waals surface area contributed by atoms with Crippen LogP contribution in [0.5, 0.6) is 0 Å². The van der Waals surface area contributed by atoms with Crippen LogP contribution in [0.25, 0.3) is 0 Å². The second-order valence-electron chi connectivity index (χ2n) is 4.85. The minimum absolute atomic E-state index is 0.0766. The largest absolute Gasteiger partial charge is 0.306 e. The van der Waals surface area contributed by atoms with E-state index in [0.717, 1.165) is 30.8 Å². The van der Waals surface area contributed by atoms with Gasteiger partial charge < -0.3 is 5.32 Å². The maximum absolute atomic E-state index is 12.1. The Hall–Kier alpha value is -1.56. The van der Waals surface area contributed by atoms with E-state index in [9.17, 15) is 4.79 Å². The number of rotatable bonds is 2. The summed E-state index contributed by atoms with van der Waals surface area (Å²) >= 11 is 0. The molecule has 2 rings (SSSR count). The van der Waals surface area contributed by atoms with E-state index in [2.05, 4.69) is 32.7 Å². The average Bonchev–Trinajstić information content (AvgIpc) is 2.34. The summed E-state index contributed by atoms with van der Waals surface area (Å²) in [6, 6.07) is -0.163. The SMILES string of the molecule is Cc1nnc(NC(=O)C2NCCCC2C)nc1C. The molecular weight excluding hydrogens is 230 g/mol. The summed E-state index contributed by atoms with van der Waals surface area (Å²) in [6.07, 6.45) is 2.18. The van der Waals surface area contributed by atoms with Crippen molar-refractivity contribution < 1.29 is 4.79 Å². The molecule has 0 spiro atoms. The quantitative estimate of drug-likeness (QED) is 0.811. The second kappa shape index (κ2) is 5.39. The molecule has 2 unspecified atom stereocenters. The van der Waals surface area contributed by atoms with Crippen molar-refractivity contribution in [3.05, 3.63) is 11.4 Å². The van der Waals surface area contributed by atoms with Crippen LogP contribution in [0.15, 0.2) is 0 Å². The van der Waals surface area contributed by atoms with Crippen molar-refractivity contribution in [3.8, 4) is 0 Å². The summed E-state index contributed by atoms with van der Waals surface area (Å²) in [5.74, 6) is 0.535. The molecule has 1 aliphatic rings. The van der Waals surface area contributed by atoms with Crippen molar-refractivity contribution in [1.82, 2.24) is 20.5 Å². The summed E-state index contributed by atoms with van der Waals surface area (Å²) in [4.78, 5) is 16.3. The third-order valence-electron chi connectivity index (χ3n) is 3.38. The van der Waals surface area contributed by atoms with Crippen LogP contribution >= 0.6 is 0 Å². The molecule has 1 aromatic heterocycles. The number of piperidine rings is 1. The van der Waals surface area contributed by atoms with Gasteiger partial charge in [-0.2, -0.15) is 5.10 Å². The van der Waals surface area contributed by atoms with Gasteiger partial charge in [-0.05, 0) is 39.2 Å². The summed E-state index contributed by atoms with van der Waals surface area (Å²) in [5, 5.41) is 13.8. The van der Waals surface area contributed by atoms with Crippen molar-refractivity contribution in [2.75, 3.05) is 11.9 Å². The lowest BCUT2D eigenvalue weighted by Gasteiger charge is -2.28. The lowest BCUT2D eigenvalue weighted by Crippen LogP contribution is -2.48. The Morgan fingerprint density at radius 3 is 2.78 bits per heavy atom. The highest BCUT2D eigenvalue weighted by atomic mass is 16.2. The molecule has 1 amide bonds. The van der Waals surface area contributed by atoms with Gasteiger partial charge in [0.2, 0.25) is 11.9 Å². The molecule has 0 saturated carbocycles. The molecule has 0 aliphatic carbocycles. The molecule has 1 saturated heterocycles. The smallest absolute Gasteiger partial charge is 0.249 e. The first-order valence-electron chi connectivity index (χ1n) is 6.30. The summed E-state index contributed by atoms with van der Waals surface area (Å²) in [7, 11) is 0. The van der Waals surface area contributed by atoms with E-state index < -0.39 is 0 Å². The van der Waals surface area contributed by atoms with Gasteiger partial charge in [-0.25, -0.2) is 4.98 Å². The third kappa shape index (κ3) is 2.81. The van der Waals surface area contributed by atoms with Crippen molar-refractivity contribution in [2.45, 2.75) is 39.7 Å². The Labute approximate surface area is 107 Å². The van der Waals surface area contributed by atoms with E-state index in [-0.39, 0.29) is 17.9 Å². The predicted molar refractivity (Wildman–Crippen MR) is 68.1 cm³/mol. The van der Waals surface area contributed by atoms with Crippen LogP contribution in [0.1, 0.15) is 31.2 Å². The van der Waals surface area contributed by atoms with Gasteiger partial charge >= 0.3 is 0 Å². The number of nitrogens with one attached hydrogen (secondary N) is 2. The number of aryl methyl sites for hydroxylation is 2. The molecule has 0 bridgehead atoms. The fourth-order valence-corrected chi connectivity index (χ4v) is 2.10. The van der Waals surface area contributed by atoms with Gasteiger partial charge in [0.1, 0.15) is 0 Å². The number of hydrogen-bond acceptors (Lipinski definition) is 5. The Kier molecular flexibility index (Phi) is 3.86. The molecule has 1 fully saturated rings. The van der Waals surface area contributed by atoms with E-state index in [1.807, 2.05) is 13.8 Å². The van der Waals surface area contributed by atoms with Crippen molar-refractivity contribution in [3.63, 3.8) is 0 Å². The molecule has 0 aromatic carbocycles. The van der Waals surface area contributed by atoms with Crippen LogP contribution in [0, 0.1) is 19.8 Å². The maximum Gasteiger partial charge on any atom is 0.249 e. The van der Waals surface area contributed by atoms with Crippen molar-refractivity contribution >= 4 is 11.9 Å². The van der Waals surface area contributed by atoms with E-state index in [1.165, 1.54) is 0 Å². The molecule has 2 heterocycles. The molecule has 98 valence electrons. The molecule has 2 N–H and O–H groups in total. The second-order valence-corrected chi connectivity index (χ2v) is 4.85. The standard InChI is InChI=1S/C12H19N5O/c1-7-5-4-6-13-10(7)11(18)15-12-14-8(2)9(3)16-17-12/h7,10,13H,4-6H2,1-3H3,(H,14,15,17,18). The van der Waals surface area contributed by atoms with Gasteiger partial charge in [0.25, 0.3) is 0 Å². The highest BCUT2D eigenvalue weighted by Crippen LogP contribution is 2.16. The molecule has 6 nitrogen and oxygen atoms in total. The number of carbonyl (C=O) groups excluding carboxylic acids is 1. The van der Waals surface area contributed by atoms with Gasteiger partial charge in [0, 0.05) is 0 Å². The van der Waals surface area contributed by atoms with Crippen LogP contribution in [-0.2, 0) is 4.79 Å². The van der Waals surface area contributed by atoms with Gasteiger partial charge in [-0.1, -0.05) is 6.92 Å². The highest BCUT2D eigenvalue weighted by molar-refractivity contribution is 5.93. The predicted octanol–water partition coefficient (Wildman–Crippen LogP) is 0.815. The Morgan fingerprint density at radius 2 is 2.11 bits per heavy atom. The third-order valence-corrected chi connectivity index (χ3v) is 3.38. The average molecular weight is 249 g/mol. The minimum Gasteiger partial charge on any atom is -0.306 e. The fourth-order valence-electron chi connectivity index (χ4n) is 2.10. The number of amides is 1. The Morgan fingerprint density at radius 1 is 1.33 bits per heavy atom. The number of nitrogens with zero attached hydrogens (tertiary/aromatic N) is 3. The zero-order valence-electron chi connectivity index (χ0n) is 11.0. The lowest BCUT2D eigenvalue weighted by atomic mass is 9.92. The Bertz CT molecular complexity index is 448. The van der Waals surface area contributed by atoms with E-state index in [0.29, 0.717) is 5.92 Å². The first kappa shape index (κ1) is 12.9. The first-order valence-corrected chi connectivity index (χ1v) is 6.30. The number of anilines is 1. The van der Waals surface area contributed by atoms with Gasteiger partial charge in [-0.3, -0.25) is 10.1 Å². The van der Waals surface area contributed by atoms with Gasteiger partial charge in [0.05, 0.1) is 17.4 Å². The van der Waals surface area contributed by atoms with Crippen LogP contribution in [0.3, 0.4) is 0 Å². The molecule has 1 aromatic rings. The van der Waals surface area contributed by atoms with E-state index >= 15 is 0 Å². The van der Waals surface area contributed by atoms with Crippen molar-refractivity contribution in [1.29, 1.82) is 0 Å². The fraction of sp³-hybridized carbons (Fsp3) is 0.667. The molecule has 0 radical (unpaired) electrons. The zero-order chi connectivity index (χ0) is 13.1. The van der Waals surface area contributed by atoms with Gasteiger partial charge in [0.15, 0.2) is 0 Å². The normalized spacial score (nSPS) is 23.7. The van der Waals surface area contributed by atoms with Crippen LogP contribution in [-0.4, -0.2) is 33.7 Å². The molecular formula is C12H19N5O. The zero-order valence-corrected chi connectivity index (χ0v) is 11.0. The minimum atomic E-state index is -0.163. The topological polar surface area (TPSA) is 79.8 Å². The van der Waals surface area contributed by atoms with Crippen LogP contribution < -0.4 is 10.6 Å². The molecule has 6 heteroatoms. The van der Waals surface area contributed by atoms with Crippen LogP contribution in [0.4, 0.5) is 5.95 Å². The summed E-state index contributed by atoms with van der Waals surface area (Å²) < 4.78 is 0. The van der Waals surface area contributed by atoms with Crippen LogP contribution in [0.2, 0.25) is 0 Å². The van der Waals surface area contributed by atoms with E-state index in [1.54, 1.807) is 0 Å². The number of carbonyl (C=O) groups is 1. The first-order chi connectivity index (χ1) is 8.58. The number of aromatic nitrogens is 3. The van der Waals surface area contributed by atoms with Gasteiger partial charge in [-0.15, -0.1) is 5.10 Å². The summed E-state index contributed by atoms with van der Waals surface area (Å²) in [5.41, 5.74) is 1.56. The molecule has 1 aliphatic heterocycles.